The molecule has 0 radical (unpaired) electrons. The van der Waals surface area contributed by atoms with Gasteiger partial charge in [0, 0.05) is 24.9 Å². The molecule has 0 amide bonds. The summed E-state index contributed by atoms with van der Waals surface area (Å²) < 4.78 is 1.73. The van der Waals surface area contributed by atoms with E-state index in [1.165, 1.54) is 6.42 Å². The van der Waals surface area contributed by atoms with Crippen molar-refractivity contribution >= 4 is 11.9 Å². The first kappa shape index (κ1) is 24.1. The average Bonchev–Trinajstić information content (AvgIpc) is 3.69. The Kier molecular flexibility index (Phi) is 7.11. The molecule has 10 nitrogen and oxygen atoms in total. The lowest BCUT2D eigenvalue weighted by molar-refractivity contribution is -0.220. The Labute approximate surface area is 210 Å². The van der Waals surface area contributed by atoms with Crippen molar-refractivity contribution in [3.05, 3.63) is 41.5 Å². The van der Waals surface area contributed by atoms with Gasteiger partial charge in [-0.25, -0.2) is 24.4 Å². The molecule has 0 bridgehead atoms. The van der Waals surface area contributed by atoms with Crippen molar-refractivity contribution in [1.29, 1.82) is 0 Å². The molecule has 1 N–H and O–H groups in total. The highest BCUT2D eigenvalue weighted by atomic mass is 17.2. The van der Waals surface area contributed by atoms with Gasteiger partial charge in [-0.15, -0.1) is 5.10 Å². The molecule has 5 rings (SSSR count). The van der Waals surface area contributed by atoms with E-state index in [2.05, 4.69) is 39.4 Å². The van der Waals surface area contributed by atoms with Crippen LogP contribution in [0.3, 0.4) is 0 Å². The van der Waals surface area contributed by atoms with Gasteiger partial charge in [0.2, 0.25) is 11.7 Å². The van der Waals surface area contributed by atoms with Crippen LogP contribution >= 0.6 is 0 Å². The average molecular weight is 492 g/mol. The van der Waals surface area contributed by atoms with Crippen LogP contribution in [0.25, 0.3) is 11.4 Å². The quantitative estimate of drug-likeness (QED) is 0.336. The summed E-state index contributed by atoms with van der Waals surface area (Å²) in [4.78, 5) is 37.0. The van der Waals surface area contributed by atoms with Gasteiger partial charge in [0.15, 0.2) is 0 Å². The molecule has 10 heteroatoms. The predicted molar refractivity (Wildman–Crippen MR) is 133 cm³/mol. The summed E-state index contributed by atoms with van der Waals surface area (Å²) in [6, 6.07) is 5.57. The third-order valence-electron chi connectivity index (χ3n) is 6.87. The number of nitrogens with zero attached hydrogens (tertiary/aromatic N) is 6. The highest BCUT2D eigenvalue weighted by molar-refractivity contribution is 5.72. The fraction of sp³-hybridized carbons (Fsp3) is 0.538. The zero-order chi connectivity index (χ0) is 25.1. The summed E-state index contributed by atoms with van der Waals surface area (Å²) in [6.07, 6.45) is 8.86. The highest BCUT2D eigenvalue weighted by Gasteiger charge is 2.31. The Morgan fingerprint density at radius 3 is 2.67 bits per heavy atom. The maximum Gasteiger partial charge on any atom is 0.358 e. The lowest BCUT2D eigenvalue weighted by atomic mass is 9.89. The van der Waals surface area contributed by atoms with Gasteiger partial charge in [-0.3, -0.25) is 9.78 Å². The summed E-state index contributed by atoms with van der Waals surface area (Å²) in [5.74, 6) is 1.30. The van der Waals surface area contributed by atoms with Crippen molar-refractivity contribution in [3.8, 4) is 17.1 Å². The van der Waals surface area contributed by atoms with Crippen LogP contribution in [-0.2, 0) is 23.3 Å². The standard InChI is InChI=1S/C26H33N7O3/c1-16(2)19-13-14-27-26(30-19)28-15-21-24(31-32-33(21)3)20-11-12-22(23(29-20)17-9-10-17)35-36-25(34)18-7-5-4-6-8-18/h11-14,16-18H,4-10,15H2,1-3H3,(H,27,28,30). The molecule has 0 aromatic carbocycles. The van der Waals surface area contributed by atoms with Crippen LogP contribution in [0.15, 0.2) is 24.4 Å². The van der Waals surface area contributed by atoms with E-state index < -0.39 is 0 Å². The SMILES string of the molecule is CC(C)c1ccnc(NCc2c(-c3ccc(OOC(=O)C4CCCCC4)c(C4CC4)n3)nnn2C)n1. The lowest BCUT2D eigenvalue weighted by Crippen LogP contribution is -2.22. The van der Waals surface area contributed by atoms with E-state index in [1.54, 1.807) is 10.9 Å². The molecule has 0 atom stereocenters. The number of carbonyl (C=O) groups excluding carboxylic acids is 1. The number of hydrogen-bond acceptors (Lipinski definition) is 9. The second kappa shape index (κ2) is 10.6. The van der Waals surface area contributed by atoms with E-state index in [9.17, 15) is 4.79 Å². The van der Waals surface area contributed by atoms with Crippen LogP contribution in [0.2, 0.25) is 0 Å². The van der Waals surface area contributed by atoms with Gasteiger partial charge >= 0.3 is 5.97 Å². The number of aryl methyl sites for hydroxylation is 1. The molecule has 2 saturated carbocycles. The molecule has 2 aliphatic rings. The molecule has 2 fully saturated rings. The Morgan fingerprint density at radius 2 is 1.92 bits per heavy atom. The first-order valence-electron chi connectivity index (χ1n) is 12.8. The van der Waals surface area contributed by atoms with Gasteiger partial charge in [0.25, 0.3) is 0 Å². The number of nitrogens with one attached hydrogen (secondary N) is 1. The van der Waals surface area contributed by atoms with Crippen LogP contribution in [-0.4, -0.2) is 35.9 Å². The maximum absolute atomic E-state index is 12.4. The third kappa shape index (κ3) is 5.47. The van der Waals surface area contributed by atoms with Crippen molar-refractivity contribution in [2.45, 2.75) is 77.2 Å². The molecule has 0 saturated heterocycles. The van der Waals surface area contributed by atoms with E-state index in [0.717, 1.165) is 55.6 Å². The molecule has 0 spiro atoms. The number of rotatable bonds is 9. The van der Waals surface area contributed by atoms with Gasteiger partial charge in [-0.05, 0) is 49.8 Å². The number of anilines is 1. The van der Waals surface area contributed by atoms with Crippen LogP contribution in [0.5, 0.6) is 5.75 Å². The van der Waals surface area contributed by atoms with Gasteiger partial charge in [0.05, 0.1) is 29.5 Å². The molecule has 0 unspecified atom stereocenters. The number of carbonyl (C=O) groups is 1. The van der Waals surface area contributed by atoms with Gasteiger partial charge in [-0.2, -0.15) is 0 Å². The molecule has 3 aromatic heterocycles. The number of aromatic nitrogens is 6. The predicted octanol–water partition coefficient (Wildman–Crippen LogP) is 4.70. The zero-order valence-corrected chi connectivity index (χ0v) is 21.1. The molecular weight excluding hydrogens is 458 g/mol. The molecule has 3 heterocycles. The van der Waals surface area contributed by atoms with Crippen molar-refractivity contribution in [1.82, 2.24) is 29.9 Å². The second-order valence-electron chi connectivity index (χ2n) is 10.00. The second-order valence-corrected chi connectivity index (χ2v) is 10.00. The summed E-state index contributed by atoms with van der Waals surface area (Å²) in [5, 5.41) is 11.9. The Hall–Kier alpha value is -3.56. The van der Waals surface area contributed by atoms with Crippen LogP contribution < -0.4 is 10.2 Å². The Bertz CT molecular complexity index is 1220. The van der Waals surface area contributed by atoms with E-state index in [0.29, 0.717) is 41.5 Å². The van der Waals surface area contributed by atoms with E-state index in [-0.39, 0.29) is 11.9 Å². The van der Waals surface area contributed by atoms with Crippen LogP contribution in [0.1, 0.15) is 87.7 Å². The normalized spacial score (nSPS) is 16.2. The first-order valence-corrected chi connectivity index (χ1v) is 12.8. The summed E-state index contributed by atoms with van der Waals surface area (Å²) in [6.45, 7) is 4.64. The zero-order valence-electron chi connectivity index (χ0n) is 21.1. The lowest BCUT2D eigenvalue weighted by Gasteiger charge is -2.19. The smallest absolute Gasteiger partial charge is 0.348 e. The molecule has 36 heavy (non-hydrogen) atoms. The van der Waals surface area contributed by atoms with Crippen LogP contribution in [0, 0.1) is 5.92 Å². The monoisotopic (exact) mass is 491 g/mol. The molecule has 2 aliphatic carbocycles. The van der Waals surface area contributed by atoms with Crippen molar-refractivity contribution in [3.63, 3.8) is 0 Å². The Balaban J connectivity index is 1.32. The minimum atomic E-state index is -0.286. The first-order chi connectivity index (χ1) is 17.5. The summed E-state index contributed by atoms with van der Waals surface area (Å²) in [5.41, 5.74) is 4.01. The van der Waals surface area contributed by atoms with Crippen molar-refractivity contribution in [2.24, 2.45) is 13.0 Å². The number of hydrogen-bond donors (Lipinski definition) is 1. The molecule has 0 aliphatic heterocycles. The third-order valence-corrected chi connectivity index (χ3v) is 6.87. The summed E-state index contributed by atoms with van der Waals surface area (Å²) >= 11 is 0. The van der Waals surface area contributed by atoms with Crippen LogP contribution in [0.4, 0.5) is 5.95 Å². The largest absolute Gasteiger partial charge is 0.358 e. The van der Waals surface area contributed by atoms with Gasteiger partial charge < -0.3 is 5.32 Å². The molecular formula is C26H33N7O3. The summed E-state index contributed by atoms with van der Waals surface area (Å²) in [7, 11) is 1.85. The minimum absolute atomic E-state index is 0.0739. The van der Waals surface area contributed by atoms with Crippen molar-refractivity contribution < 1.29 is 14.6 Å². The molecule has 3 aromatic rings. The maximum atomic E-state index is 12.4. The number of pyridine rings is 1. The molecule has 190 valence electrons. The highest BCUT2D eigenvalue weighted by Crippen LogP contribution is 2.44. The topological polar surface area (TPSA) is 117 Å². The minimum Gasteiger partial charge on any atom is -0.348 e. The van der Waals surface area contributed by atoms with Crippen molar-refractivity contribution in [2.75, 3.05) is 5.32 Å². The van der Waals surface area contributed by atoms with E-state index in [1.807, 2.05) is 25.2 Å². The Morgan fingerprint density at radius 1 is 1.11 bits per heavy atom. The van der Waals surface area contributed by atoms with E-state index in [4.69, 9.17) is 14.8 Å². The fourth-order valence-corrected chi connectivity index (χ4v) is 4.52. The fourth-order valence-electron chi connectivity index (χ4n) is 4.52. The van der Waals surface area contributed by atoms with E-state index >= 15 is 0 Å². The van der Waals surface area contributed by atoms with Gasteiger partial charge in [-0.1, -0.05) is 38.3 Å². The van der Waals surface area contributed by atoms with Gasteiger partial charge in [0.1, 0.15) is 5.69 Å².